The van der Waals surface area contributed by atoms with Gasteiger partial charge in [0.25, 0.3) is 5.69 Å². The Hall–Kier alpha value is -1.58. The quantitative estimate of drug-likeness (QED) is 0.617. The Morgan fingerprint density at radius 1 is 1.21 bits per heavy atom. The van der Waals surface area contributed by atoms with E-state index in [9.17, 15) is 10.1 Å². The minimum atomic E-state index is -0.343. The Balaban J connectivity index is 2.73. The predicted molar refractivity (Wildman–Crippen MR) is 79.5 cm³/mol. The molecule has 0 aliphatic rings. The van der Waals surface area contributed by atoms with Gasteiger partial charge in [0, 0.05) is 23.9 Å². The number of nitrogens with zero attached hydrogens (tertiary/aromatic N) is 1. The van der Waals surface area contributed by atoms with Crippen molar-refractivity contribution in [3.63, 3.8) is 0 Å². The molecule has 0 aromatic heterocycles. The monoisotopic (exact) mass is 264 g/mol. The standard InChI is InChI=1S/C15H24N2O2/c1-10(2)14(11(3)4)9-16-13-6-7-15(17(18)19)12(5)8-13/h6-8,10-11,14,16H,9H2,1-5H3. The number of rotatable bonds is 6. The van der Waals surface area contributed by atoms with Crippen LogP contribution in [-0.2, 0) is 0 Å². The maximum absolute atomic E-state index is 10.8. The Labute approximate surface area is 115 Å². The minimum Gasteiger partial charge on any atom is -0.385 e. The van der Waals surface area contributed by atoms with Crippen molar-refractivity contribution < 1.29 is 4.92 Å². The van der Waals surface area contributed by atoms with E-state index in [0.29, 0.717) is 23.3 Å². The normalized spacial score (nSPS) is 11.4. The lowest BCUT2D eigenvalue weighted by atomic mass is 9.85. The number of nitrogens with one attached hydrogen (secondary N) is 1. The molecule has 0 amide bonds. The van der Waals surface area contributed by atoms with E-state index in [0.717, 1.165) is 12.2 Å². The molecule has 1 aromatic rings. The molecule has 4 heteroatoms. The summed E-state index contributed by atoms with van der Waals surface area (Å²) in [7, 11) is 0. The summed E-state index contributed by atoms with van der Waals surface area (Å²) in [5.41, 5.74) is 1.82. The molecule has 0 aliphatic carbocycles. The van der Waals surface area contributed by atoms with E-state index in [4.69, 9.17) is 0 Å². The van der Waals surface area contributed by atoms with Gasteiger partial charge >= 0.3 is 0 Å². The Kier molecular flexibility index (Phi) is 5.33. The maximum Gasteiger partial charge on any atom is 0.272 e. The lowest BCUT2D eigenvalue weighted by Crippen LogP contribution is -2.24. The van der Waals surface area contributed by atoms with E-state index in [1.54, 1.807) is 19.1 Å². The minimum absolute atomic E-state index is 0.176. The number of nitro groups is 1. The molecule has 19 heavy (non-hydrogen) atoms. The molecule has 0 bridgehead atoms. The first kappa shape index (κ1) is 15.5. The lowest BCUT2D eigenvalue weighted by molar-refractivity contribution is -0.385. The summed E-state index contributed by atoms with van der Waals surface area (Å²) in [4.78, 5) is 10.4. The van der Waals surface area contributed by atoms with E-state index in [-0.39, 0.29) is 10.6 Å². The van der Waals surface area contributed by atoms with Crippen LogP contribution in [0, 0.1) is 34.8 Å². The molecule has 4 nitrogen and oxygen atoms in total. The third-order valence-corrected chi connectivity index (χ3v) is 3.65. The molecule has 0 atom stereocenters. The average Bonchev–Trinajstić information content (AvgIpc) is 2.27. The SMILES string of the molecule is Cc1cc(NCC(C(C)C)C(C)C)ccc1[N+](=O)[O-]. The Morgan fingerprint density at radius 3 is 2.21 bits per heavy atom. The van der Waals surface area contributed by atoms with Crippen LogP contribution in [0.5, 0.6) is 0 Å². The summed E-state index contributed by atoms with van der Waals surface area (Å²) < 4.78 is 0. The third kappa shape index (κ3) is 4.23. The second-order valence-corrected chi connectivity index (χ2v) is 5.79. The molecule has 1 N–H and O–H groups in total. The van der Waals surface area contributed by atoms with Gasteiger partial charge in [-0.05, 0) is 36.8 Å². The molecule has 0 saturated heterocycles. The second-order valence-electron chi connectivity index (χ2n) is 5.79. The number of benzene rings is 1. The molecular formula is C15H24N2O2. The van der Waals surface area contributed by atoms with E-state index >= 15 is 0 Å². The fourth-order valence-electron chi connectivity index (χ4n) is 2.45. The van der Waals surface area contributed by atoms with Crippen molar-refractivity contribution in [2.45, 2.75) is 34.6 Å². The van der Waals surface area contributed by atoms with Crippen molar-refractivity contribution in [1.29, 1.82) is 0 Å². The lowest BCUT2D eigenvalue weighted by Gasteiger charge is -2.25. The van der Waals surface area contributed by atoms with Crippen LogP contribution in [0.3, 0.4) is 0 Å². The molecule has 1 rings (SSSR count). The van der Waals surface area contributed by atoms with Gasteiger partial charge in [0.1, 0.15) is 0 Å². The van der Waals surface area contributed by atoms with Crippen molar-refractivity contribution in [3.8, 4) is 0 Å². The Morgan fingerprint density at radius 2 is 1.79 bits per heavy atom. The van der Waals surface area contributed by atoms with Crippen LogP contribution in [0.4, 0.5) is 11.4 Å². The van der Waals surface area contributed by atoms with E-state index in [2.05, 4.69) is 33.0 Å². The molecule has 0 unspecified atom stereocenters. The molecule has 0 spiro atoms. The van der Waals surface area contributed by atoms with Crippen molar-refractivity contribution in [2.24, 2.45) is 17.8 Å². The van der Waals surface area contributed by atoms with Gasteiger partial charge in [0.05, 0.1) is 4.92 Å². The van der Waals surface area contributed by atoms with Crippen LogP contribution in [-0.4, -0.2) is 11.5 Å². The summed E-state index contributed by atoms with van der Waals surface area (Å²) in [6, 6.07) is 5.19. The predicted octanol–water partition coefficient (Wildman–Crippen LogP) is 4.24. The highest BCUT2D eigenvalue weighted by molar-refractivity contribution is 5.53. The van der Waals surface area contributed by atoms with Gasteiger partial charge in [0.15, 0.2) is 0 Å². The number of nitro benzene ring substituents is 1. The highest BCUT2D eigenvalue weighted by Gasteiger charge is 2.17. The molecule has 0 radical (unpaired) electrons. The van der Waals surface area contributed by atoms with E-state index in [1.165, 1.54) is 0 Å². The molecule has 106 valence electrons. The summed E-state index contributed by atoms with van der Waals surface area (Å²) in [5, 5.41) is 14.2. The van der Waals surface area contributed by atoms with Gasteiger partial charge in [-0.1, -0.05) is 27.7 Å². The fourth-order valence-corrected chi connectivity index (χ4v) is 2.45. The maximum atomic E-state index is 10.8. The first-order valence-electron chi connectivity index (χ1n) is 6.81. The van der Waals surface area contributed by atoms with Crippen LogP contribution in [0.25, 0.3) is 0 Å². The first-order chi connectivity index (χ1) is 8.82. The number of hydrogen-bond donors (Lipinski definition) is 1. The molecule has 0 saturated carbocycles. The molecule has 0 fully saturated rings. The molecule has 0 heterocycles. The van der Waals surface area contributed by atoms with Crippen LogP contribution in [0.1, 0.15) is 33.3 Å². The van der Waals surface area contributed by atoms with Crippen LogP contribution < -0.4 is 5.32 Å². The zero-order valence-electron chi connectivity index (χ0n) is 12.4. The molecule has 0 aliphatic heterocycles. The first-order valence-corrected chi connectivity index (χ1v) is 6.81. The van der Waals surface area contributed by atoms with Gasteiger partial charge in [-0.25, -0.2) is 0 Å². The third-order valence-electron chi connectivity index (χ3n) is 3.65. The summed E-state index contributed by atoms with van der Waals surface area (Å²) in [6.45, 7) is 11.6. The smallest absolute Gasteiger partial charge is 0.272 e. The largest absolute Gasteiger partial charge is 0.385 e. The van der Waals surface area contributed by atoms with Crippen molar-refractivity contribution in [1.82, 2.24) is 0 Å². The van der Waals surface area contributed by atoms with Crippen LogP contribution in [0.15, 0.2) is 18.2 Å². The second kappa shape index (κ2) is 6.55. The van der Waals surface area contributed by atoms with E-state index in [1.807, 2.05) is 6.07 Å². The summed E-state index contributed by atoms with van der Waals surface area (Å²) in [5.74, 6) is 1.83. The zero-order valence-corrected chi connectivity index (χ0v) is 12.4. The van der Waals surface area contributed by atoms with Crippen LogP contribution in [0.2, 0.25) is 0 Å². The van der Waals surface area contributed by atoms with Crippen molar-refractivity contribution in [3.05, 3.63) is 33.9 Å². The van der Waals surface area contributed by atoms with E-state index < -0.39 is 0 Å². The van der Waals surface area contributed by atoms with Gasteiger partial charge in [0.2, 0.25) is 0 Å². The molecular weight excluding hydrogens is 240 g/mol. The summed E-state index contributed by atoms with van der Waals surface area (Å²) >= 11 is 0. The highest BCUT2D eigenvalue weighted by Crippen LogP contribution is 2.24. The summed E-state index contributed by atoms with van der Waals surface area (Å²) in [6.07, 6.45) is 0. The zero-order chi connectivity index (χ0) is 14.6. The fraction of sp³-hybridized carbons (Fsp3) is 0.600. The topological polar surface area (TPSA) is 55.2 Å². The number of aryl methyl sites for hydroxylation is 1. The van der Waals surface area contributed by atoms with Crippen molar-refractivity contribution >= 4 is 11.4 Å². The molecule has 1 aromatic carbocycles. The highest BCUT2D eigenvalue weighted by atomic mass is 16.6. The van der Waals surface area contributed by atoms with Gasteiger partial charge < -0.3 is 5.32 Å². The number of hydrogen-bond acceptors (Lipinski definition) is 3. The van der Waals surface area contributed by atoms with Crippen molar-refractivity contribution in [2.75, 3.05) is 11.9 Å². The van der Waals surface area contributed by atoms with Gasteiger partial charge in [-0.2, -0.15) is 0 Å². The van der Waals surface area contributed by atoms with Gasteiger partial charge in [-0.3, -0.25) is 10.1 Å². The average molecular weight is 264 g/mol. The number of anilines is 1. The van der Waals surface area contributed by atoms with Gasteiger partial charge in [-0.15, -0.1) is 0 Å². The van der Waals surface area contributed by atoms with Crippen LogP contribution >= 0.6 is 0 Å². The Bertz CT molecular complexity index is 434.